The molecule has 0 bridgehead atoms. The topological polar surface area (TPSA) is 158 Å². The van der Waals surface area contributed by atoms with Crippen LogP contribution in [0.3, 0.4) is 0 Å². The Hall–Kier alpha value is -3.19. The SMILES string of the molecule is C[C@H]1CCC[C@H](O)C1.C[C@H]1CCC[C@H](OC(=O)c2ccc([N+](=O)[O-])cc2)C1.O=C=O.O=C=O. The first-order valence-electron chi connectivity index (χ1n) is 10.8. The average molecular weight is 465 g/mol. The molecule has 1 N–H and O–H groups in total. The van der Waals surface area contributed by atoms with E-state index in [0.717, 1.165) is 38.0 Å². The molecule has 0 saturated heterocycles. The number of aliphatic hydroxyl groups excluding tert-OH is 1. The first kappa shape index (κ1) is 29.8. The Morgan fingerprint density at radius 3 is 1.82 bits per heavy atom. The number of benzene rings is 1. The molecule has 0 heterocycles. The van der Waals surface area contributed by atoms with Crippen LogP contribution in [0, 0.1) is 22.0 Å². The van der Waals surface area contributed by atoms with Crippen molar-refractivity contribution in [2.75, 3.05) is 0 Å². The molecule has 1 aromatic rings. The monoisotopic (exact) mass is 465 g/mol. The van der Waals surface area contributed by atoms with E-state index in [1.807, 2.05) is 0 Å². The van der Waals surface area contributed by atoms with E-state index in [2.05, 4.69) is 13.8 Å². The van der Waals surface area contributed by atoms with Crippen LogP contribution in [0.4, 0.5) is 5.69 Å². The summed E-state index contributed by atoms with van der Waals surface area (Å²) in [5.41, 5.74) is 0.340. The van der Waals surface area contributed by atoms with E-state index in [1.165, 1.54) is 43.5 Å². The van der Waals surface area contributed by atoms with E-state index >= 15 is 0 Å². The number of nitro benzene ring substituents is 1. The number of ether oxygens (including phenoxy) is 1. The van der Waals surface area contributed by atoms with Crippen molar-refractivity contribution in [2.24, 2.45) is 11.8 Å². The minimum atomic E-state index is -0.488. The highest BCUT2D eigenvalue weighted by atomic mass is 16.6. The van der Waals surface area contributed by atoms with Gasteiger partial charge in [-0.1, -0.05) is 33.1 Å². The van der Waals surface area contributed by atoms with Crippen molar-refractivity contribution < 1.29 is 38.7 Å². The Labute approximate surface area is 192 Å². The molecule has 0 aromatic heterocycles. The van der Waals surface area contributed by atoms with Crippen molar-refractivity contribution in [3.05, 3.63) is 39.9 Å². The molecule has 2 aliphatic carbocycles. The maximum atomic E-state index is 11.9. The maximum absolute atomic E-state index is 11.9. The Balaban J connectivity index is 0.000000602. The number of nitrogens with zero attached hydrogens (tertiary/aromatic N) is 1. The summed E-state index contributed by atoms with van der Waals surface area (Å²) in [5, 5.41) is 19.6. The number of non-ortho nitro benzene ring substituents is 1. The molecule has 0 amide bonds. The quantitative estimate of drug-likeness (QED) is 0.399. The fourth-order valence-corrected chi connectivity index (χ4v) is 3.83. The van der Waals surface area contributed by atoms with Crippen molar-refractivity contribution in [1.82, 2.24) is 0 Å². The Morgan fingerprint density at radius 2 is 1.42 bits per heavy atom. The summed E-state index contributed by atoms with van der Waals surface area (Å²) in [6.07, 6.45) is 9.17. The number of aliphatic hydroxyl groups is 1. The van der Waals surface area contributed by atoms with Crippen LogP contribution in [-0.2, 0) is 23.9 Å². The van der Waals surface area contributed by atoms with E-state index in [1.54, 1.807) is 0 Å². The molecule has 3 rings (SSSR count). The molecule has 4 atom stereocenters. The van der Waals surface area contributed by atoms with E-state index in [0.29, 0.717) is 11.5 Å². The van der Waals surface area contributed by atoms with E-state index in [-0.39, 0.29) is 30.2 Å². The molecular formula is C23H31NO9. The number of rotatable bonds is 3. The van der Waals surface area contributed by atoms with Gasteiger partial charge in [-0.05, 0) is 56.1 Å². The van der Waals surface area contributed by atoms with Crippen molar-refractivity contribution >= 4 is 24.0 Å². The number of hydrogen-bond acceptors (Lipinski definition) is 9. The second-order valence-electron chi connectivity index (χ2n) is 8.20. The van der Waals surface area contributed by atoms with Gasteiger partial charge in [0, 0.05) is 12.1 Å². The summed E-state index contributed by atoms with van der Waals surface area (Å²) in [4.78, 5) is 54.4. The molecule has 0 unspecified atom stereocenters. The largest absolute Gasteiger partial charge is 0.459 e. The number of nitro groups is 1. The van der Waals surface area contributed by atoms with Gasteiger partial charge in [0.15, 0.2) is 0 Å². The summed E-state index contributed by atoms with van der Waals surface area (Å²) in [5.74, 6) is 0.955. The molecule has 2 saturated carbocycles. The van der Waals surface area contributed by atoms with Gasteiger partial charge in [-0.15, -0.1) is 0 Å². The van der Waals surface area contributed by atoms with Gasteiger partial charge in [-0.25, -0.2) is 4.79 Å². The molecule has 10 heteroatoms. The minimum absolute atomic E-state index is 0.0127. The zero-order valence-electron chi connectivity index (χ0n) is 18.9. The number of carbonyl (C=O) groups is 1. The number of hydrogen-bond donors (Lipinski definition) is 1. The molecule has 2 fully saturated rings. The van der Waals surface area contributed by atoms with Crippen LogP contribution < -0.4 is 0 Å². The van der Waals surface area contributed by atoms with Crippen LogP contribution in [-0.4, -0.2) is 40.5 Å². The highest BCUT2D eigenvalue weighted by Crippen LogP contribution is 2.26. The third-order valence-corrected chi connectivity index (χ3v) is 5.38. The Bertz CT molecular complexity index is 762. The van der Waals surface area contributed by atoms with Crippen molar-refractivity contribution in [3.8, 4) is 0 Å². The number of esters is 1. The molecular weight excluding hydrogens is 434 g/mol. The first-order valence-corrected chi connectivity index (χ1v) is 10.8. The highest BCUT2D eigenvalue weighted by Gasteiger charge is 2.23. The molecule has 2 aliphatic rings. The summed E-state index contributed by atoms with van der Waals surface area (Å²) >= 11 is 0. The average Bonchev–Trinajstić information content (AvgIpc) is 2.75. The van der Waals surface area contributed by atoms with Crippen molar-refractivity contribution in [1.29, 1.82) is 0 Å². The standard InChI is InChI=1S/C14H17NO4.C7H14O.2CO2/c1-10-3-2-4-13(9-10)19-14(16)11-5-7-12(8-6-11)15(17)18;1-6-3-2-4-7(8)5-6;2*2-1-3/h5-8,10,13H,2-4,9H2,1H3;6-8H,2-5H2,1H3;;/t10-,13-;6-,7-;;/m00../s1. The van der Waals surface area contributed by atoms with E-state index < -0.39 is 10.9 Å². The van der Waals surface area contributed by atoms with Gasteiger partial charge in [0.05, 0.1) is 16.6 Å². The van der Waals surface area contributed by atoms with E-state index in [9.17, 15) is 14.9 Å². The molecule has 0 aliphatic heterocycles. The predicted octanol–water partition coefficient (Wildman–Crippen LogP) is 3.72. The van der Waals surface area contributed by atoms with Crippen molar-refractivity contribution in [3.63, 3.8) is 0 Å². The lowest BCUT2D eigenvalue weighted by Gasteiger charge is -2.26. The smallest absolute Gasteiger partial charge is 0.373 e. The van der Waals surface area contributed by atoms with Gasteiger partial charge in [0.2, 0.25) is 0 Å². The molecule has 1 aromatic carbocycles. The third-order valence-electron chi connectivity index (χ3n) is 5.38. The summed E-state index contributed by atoms with van der Waals surface area (Å²) in [6.45, 7) is 4.37. The van der Waals surface area contributed by atoms with Gasteiger partial charge in [0.25, 0.3) is 5.69 Å². The molecule has 0 spiro atoms. The Kier molecular flexibility index (Phi) is 15.7. The summed E-state index contributed by atoms with van der Waals surface area (Å²) in [7, 11) is 0. The van der Waals surface area contributed by atoms with Crippen LogP contribution in [0.1, 0.15) is 75.6 Å². The molecule has 182 valence electrons. The zero-order valence-corrected chi connectivity index (χ0v) is 18.9. The fraction of sp³-hybridized carbons (Fsp3) is 0.609. The van der Waals surface area contributed by atoms with Crippen LogP contribution in [0.5, 0.6) is 0 Å². The third kappa shape index (κ3) is 13.7. The predicted molar refractivity (Wildman–Crippen MR) is 114 cm³/mol. The lowest BCUT2D eigenvalue weighted by molar-refractivity contribution is -0.384. The second-order valence-corrected chi connectivity index (χ2v) is 8.20. The second kappa shape index (κ2) is 17.4. The zero-order chi connectivity index (χ0) is 25.2. The van der Waals surface area contributed by atoms with E-state index in [4.69, 9.17) is 29.0 Å². The van der Waals surface area contributed by atoms with Gasteiger partial charge >= 0.3 is 18.3 Å². The van der Waals surface area contributed by atoms with Crippen molar-refractivity contribution in [2.45, 2.75) is 77.4 Å². The summed E-state index contributed by atoms with van der Waals surface area (Å²) < 4.78 is 5.44. The fourth-order valence-electron chi connectivity index (χ4n) is 3.83. The lowest BCUT2D eigenvalue weighted by atomic mass is 9.89. The normalized spacial score (nSPS) is 23.2. The maximum Gasteiger partial charge on any atom is 0.373 e. The van der Waals surface area contributed by atoms with Crippen LogP contribution in [0.15, 0.2) is 24.3 Å². The molecule has 33 heavy (non-hydrogen) atoms. The molecule has 0 radical (unpaired) electrons. The Morgan fingerprint density at radius 1 is 0.939 bits per heavy atom. The lowest BCUT2D eigenvalue weighted by Crippen LogP contribution is -2.24. The van der Waals surface area contributed by atoms with Crippen LogP contribution in [0.25, 0.3) is 0 Å². The molecule has 10 nitrogen and oxygen atoms in total. The summed E-state index contributed by atoms with van der Waals surface area (Å²) in [6, 6.07) is 5.51. The van der Waals surface area contributed by atoms with Gasteiger partial charge in [-0.2, -0.15) is 19.2 Å². The highest BCUT2D eigenvalue weighted by molar-refractivity contribution is 5.89. The van der Waals surface area contributed by atoms with Gasteiger partial charge in [-0.3, -0.25) is 10.1 Å². The van der Waals surface area contributed by atoms with Gasteiger partial charge in [0.1, 0.15) is 6.10 Å². The van der Waals surface area contributed by atoms with Crippen LogP contribution >= 0.6 is 0 Å². The van der Waals surface area contributed by atoms with Gasteiger partial charge < -0.3 is 9.84 Å². The minimum Gasteiger partial charge on any atom is -0.459 e. The first-order chi connectivity index (χ1) is 15.7. The van der Waals surface area contributed by atoms with Crippen LogP contribution in [0.2, 0.25) is 0 Å². The number of carbonyl (C=O) groups excluding carboxylic acids is 5.